The van der Waals surface area contributed by atoms with Crippen LogP contribution < -0.4 is 10.6 Å². The number of anilines is 1. The van der Waals surface area contributed by atoms with E-state index in [1.54, 1.807) is 0 Å². The van der Waals surface area contributed by atoms with Gasteiger partial charge in [-0.05, 0) is 48.9 Å². The highest BCUT2D eigenvalue weighted by Gasteiger charge is 2.12. The van der Waals surface area contributed by atoms with Crippen molar-refractivity contribution in [1.82, 2.24) is 5.32 Å². The van der Waals surface area contributed by atoms with Crippen LogP contribution in [0.5, 0.6) is 0 Å². The number of aryl methyl sites for hydroxylation is 2. The third kappa shape index (κ3) is 5.88. The zero-order valence-corrected chi connectivity index (χ0v) is 14.0. The molecule has 0 aliphatic rings. The summed E-state index contributed by atoms with van der Waals surface area (Å²) in [6.07, 6.45) is 3.74. The molecule has 4 nitrogen and oxygen atoms in total. The summed E-state index contributed by atoms with van der Waals surface area (Å²) >= 11 is 0. The SMILES string of the molecule is CCc1ccc(NC(=O)C(=O)NCCCCc2ccccc2)cc1. The first-order valence-electron chi connectivity index (χ1n) is 8.41. The van der Waals surface area contributed by atoms with Crippen molar-refractivity contribution in [3.8, 4) is 0 Å². The highest BCUT2D eigenvalue weighted by molar-refractivity contribution is 6.39. The van der Waals surface area contributed by atoms with Gasteiger partial charge in [-0.25, -0.2) is 0 Å². The second kappa shape index (κ2) is 9.50. The summed E-state index contributed by atoms with van der Waals surface area (Å²) in [5, 5.41) is 5.27. The van der Waals surface area contributed by atoms with Gasteiger partial charge in [0.25, 0.3) is 0 Å². The molecule has 2 amide bonds. The second-order valence-electron chi connectivity index (χ2n) is 5.70. The van der Waals surface area contributed by atoms with E-state index in [2.05, 4.69) is 29.7 Å². The maximum absolute atomic E-state index is 11.8. The Bertz CT molecular complexity index is 651. The largest absolute Gasteiger partial charge is 0.348 e. The van der Waals surface area contributed by atoms with Crippen LogP contribution in [0.2, 0.25) is 0 Å². The quantitative estimate of drug-likeness (QED) is 0.606. The van der Waals surface area contributed by atoms with Crippen molar-refractivity contribution in [2.24, 2.45) is 0 Å². The lowest BCUT2D eigenvalue weighted by molar-refractivity contribution is -0.136. The number of nitrogens with one attached hydrogen (secondary N) is 2. The van der Waals surface area contributed by atoms with E-state index in [1.807, 2.05) is 42.5 Å². The molecule has 0 aliphatic heterocycles. The Morgan fingerprint density at radius 3 is 2.21 bits per heavy atom. The average Bonchev–Trinajstić information content (AvgIpc) is 2.62. The number of hydrogen-bond donors (Lipinski definition) is 2. The molecule has 126 valence electrons. The monoisotopic (exact) mass is 324 g/mol. The van der Waals surface area contributed by atoms with E-state index < -0.39 is 11.8 Å². The number of carbonyl (C=O) groups excluding carboxylic acids is 2. The van der Waals surface area contributed by atoms with Crippen molar-refractivity contribution >= 4 is 17.5 Å². The third-order valence-corrected chi connectivity index (χ3v) is 3.85. The summed E-state index contributed by atoms with van der Waals surface area (Å²) in [7, 11) is 0. The zero-order chi connectivity index (χ0) is 17.2. The number of benzene rings is 2. The number of rotatable bonds is 7. The van der Waals surface area contributed by atoms with Crippen LogP contribution in [0, 0.1) is 0 Å². The molecule has 0 aliphatic carbocycles. The minimum Gasteiger partial charge on any atom is -0.348 e. The minimum absolute atomic E-state index is 0.508. The second-order valence-corrected chi connectivity index (χ2v) is 5.70. The average molecular weight is 324 g/mol. The van der Waals surface area contributed by atoms with Crippen molar-refractivity contribution in [3.63, 3.8) is 0 Å². The van der Waals surface area contributed by atoms with Crippen molar-refractivity contribution in [3.05, 3.63) is 65.7 Å². The minimum atomic E-state index is -0.623. The molecule has 4 heteroatoms. The Balaban J connectivity index is 1.65. The Morgan fingerprint density at radius 1 is 0.833 bits per heavy atom. The fourth-order valence-corrected chi connectivity index (χ4v) is 2.39. The van der Waals surface area contributed by atoms with E-state index in [9.17, 15) is 9.59 Å². The highest BCUT2D eigenvalue weighted by Crippen LogP contribution is 2.09. The Labute approximate surface area is 143 Å². The molecule has 2 N–H and O–H groups in total. The molecule has 2 aromatic rings. The first-order chi connectivity index (χ1) is 11.7. The van der Waals surface area contributed by atoms with Crippen LogP contribution in [0.4, 0.5) is 5.69 Å². The summed E-state index contributed by atoms with van der Waals surface area (Å²) in [6.45, 7) is 2.58. The van der Waals surface area contributed by atoms with E-state index in [-0.39, 0.29) is 0 Å². The number of carbonyl (C=O) groups is 2. The number of amides is 2. The maximum Gasteiger partial charge on any atom is 0.313 e. The fraction of sp³-hybridized carbons (Fsp3) is 0.300. The van der Waals surface area contributed by atoms with Crippen LogP contribution in [-0.4, -0.2) is 18.4 Å². The standard InChI is InChI=1S/C20H24N2O2/c1-2-16-11-13-18(14-12-16)22-20(24)19(23)21-15-7-6-10-17-8-4-3-5-9-17/h3-5,8-9,11-14H,2,6-7,10,15H2,1H3,(H,21,23)(H,22,24). The van der Waals surface area contributed by atoms with Crippen LogP contribution in [0.25, 0.3) is 0 Å². The normalized spacial score (nSPS) is 10.2. The Hall–Kier alpha value is -2.62. The van der Waals surface area contributed by atoms with Gasteiger partial charge in [-0.1, -0.05) is 49.4 Å². The third-order valence-electron chi connectivity index (χ3n) is 3.85. The Morgan fingerprint density at radius 2 is 1.54 bits per heavy atom. The smallest absolute Gasteiger partial charge is 0.313 e. The molecule has 0 bridgehead atoms. The van der Waals surface area contributed by atoms with E-state index in [4.69, 9.17) is 0 Å². The summed E-state index contributed by atoms with van der Waals surface area (Å²) in [5.74, 6) is -1.21. The molecule has 0 unspecified atom stereocenters. The molecule has 0 aromatic heterocycles. The molecule has 2 rings (SSSR count). The van der Waals surface area contributed by atoms with Gasteiger partial charge in [-0.15, -0.1) is 0 Å². The van der Waals surface area contributed by atoms with E-state index in [0.29, 0.717) is 12.2 Å². The molecule has 0 fully saturated rings. The van der Waals surface area contributed by atoms with Crippen LogP contribution in [0.15, 0.2) is 54.6 Å². The summed E-state index contributed by atoms with van der Waals surface area (Å²) in [5.41, 5.74) is 3.12. The van der Waals surface area contributed by atoms with Gasteiger partial charge >= 0.3 is 11.8 Å². The van der Waals surface area contributed by atoms with E-state index >= 15 is 0 Å². The van der Waals surface area contributed by atoms with Gasteiger partial charge < -0.3 is 10.6 Å². The molecule has 24 heavy (non-hydrogen) atoms. The molecule has 0 spiro atoms. The molecular formula is C20H24N2O2. The first kappa shape index (κ1) is 17.7. The van der Waals surface area contributed by atoms with Gasteiger partial charge in [0.15, 0.2) is 0 Å². The van der Waals surface area contributed by atoms with E-state index in [1.165, 1.54) is 11.1 Å². The molecule has 0 atom stereocenters. The summed E-state index contributed by atoms with van der Waals surface area (Å²) < 4.78 is 0. The van der Waals surface area contributed by atoms with Crippen molar-refractivity contribution in [2.75, 3.05) is 11.9 Å². The molecule has 0 heterocycles. The van der Waals surface area contributed by atoms with Crippen LogP contribution >= 0.6 is 0 Å². The topological polar surface area (TPSA) is 58.2 Å². The lowest BCUT2D eigenvalue weighted by Gasteiger charge is -2.07. The van der Waals surface area contributed by atoms with Gasteiger partial charge in [0.05, 0.1) is 0 Å². The number of unbranched alkanes of at least 4 members (excludes halogenated alkanes) is 1. The molecule has 0 radical (unpaired) electrons. The van der Waals surface area contributed by atoms with Gasteiger partial charge in [0.2, 0.25) is 0 Å². The highest BCUT2D eigenvalue weighted by atomic mass is 16.2. The molecular weight excluding hydrogens is 300 g/mol. The zero-order valence-electron chi connectivity index (χ0n) is 14.0. The predicted molar refractivity (Wildman–Crippen MR) is 96.8 cm³/mol. The summed E-state index contributed by atoms with van der Waals surface area (Å²) in [4.78, 5) is 23.6. The van der Waals surface area contributed by atoms with Crippen molar-refractivity contribution < 1.29 is 9.59 Å². The van der Waals surface area contributed by atoms with E-state index in [0.717, 1.165) is 25.7 Å². The first-order valence-corrected chi connectivity index (χ1v) is 8.41. The fourth-order valence-electron chi connectivity index (χ4n) is 2.39. The van der Waals surface area contributed by atoms with Crippen molar-refractivity contribution in [2.45, 2.75) is 32.6 Å². The molecule has 0 saturated carbocycles. The predicted octanol–water partition coefficient (Wildman–Crippen LogP) is 3.33. The van der Waals surface area contributed by atoms with Crippen LogP contribution in [0.1, 0.15) is 30.9 Å². The van der Waals surface area contributed by atoms with Gasteiger partial charge in [-0.3, -0.25) is 9.59 Å². The molecule has 0 saturated heterocycles. The lowest BCUT2D eigenvalue weighted by atomic mass is 10.1. The summed E-state index contributed by atoms with van der Waals surface area (Å²) in [6, 6.07) is 17.7. The lowest BCUT2D eigenvalue weighted by Crippen LogP contribution is -2.35. The van der Waals surface area contributed by atoms with Crippen LogP contribution in [0.3, 0.4) is 0 Å². The van der Waals surface area contributed by atoms with Gasteiger partial charge in [0.1, 0.15) is 0 Å². The Kier molecular flexibility index (Phi) is 7.02. The number of hydrogen-bond acceptors (Lipinski definition) is 2. The van der Waals surface area contributed by atoms with Gasteiger partial charge in [0, 0.05) is 12.2 Å². The van der Waals surface area contributed by atoms with Gasteiger partial charge in [-0.2, -0.15) is 0 Å². The van der Waals surface area contributed by atoms with Crippen molar-refractivity contribution in [1.29, 1.82) is 0 Å². The molecule has 2 aromatic carbocycles. The maximum atomic E-state index is 11.8. The van der Waals surface area contributed by atoms with Crippen LogP contribution in [-0.2, 0) is 22.4 Å².